The Morgan fingerprint density at radius 2 is 2.21 bits per heavy atom. The average Bonchev–Trinajstić information content (AvgIpc) is 2.85. The van der Waals surface area contributed by atoms with Crippen molar-refractivity contribution in [3.8, 4) is 0 Å². The van der Waals surface area contributed by atoms with Crippen LogP contribution in [0.25, 0.3) is 0 Å². The average molecular weight is 331 g/mol. The van der Waals surface area contributed by atoms with Crippen molar-refractivity contribution in [2.75, 3.05) is 0 Å². The number of H-pyrrole nitrogens is 2. The van der Waals surface area contributed by atoms with E-state index in [9.17, 15) is 14.7 Å². The van der Waals surface area contributed by atoms with Gasteiger partial charge in [-0.15, -0.1) is 0 Å². The Labute approximate surface area is 139 Å². The predicted molar refractivity (Wildman–Crippen MR) is 86.5 cm³/mol. The number of nitrogens with zero attached hydrogens (tertiary/aromatic N) is 1. The molecule has 1 aliphatic rings. The molecule has 2 heterocycles. The third-order valence-electron chi connectivity index (χ3n) is 4.39. The molecule has 2 aromatic heterocycles. The Kier molecular flexibility index (Phi) is 4.04. The van der Waals surface area contributed by atoms with Gasteiger partial charge in [0.15, 0.2) is 0 Å². The zero-order valence-corrected chi connectivity index (χ0v) is 13.9. The van der Waals surface area contributed by atoms with Crippen molar-refractivity contribution in [2.24, 2.45) is 5.92 Å². The first kappa shape index (κ1) is 16.4. The lowest BCUT2D eigenvalue weighted by molar-refractivity contribution is -0.163. The number of hydrogen-bond acceptors (Lipinski definition) is 5. The van der Waals surface area contributed by atoms with Crippen LogP contribution in [-0.4, -0.2) is 38.0 Å². The first-order valence-corrected chi connectivity index (χ1v) is 7.93. The number of rotatable bonds is 3. The van der Waals surface area contributed by atoms with Crippen LogP contribution in [0.1, 0.15) is 43.5 Å². The molecule has 3 atom stereocenters. The first-order valence-electron chi connectivity index (χ1n) is 7.93. The molecule has 0 amide bonds. The van der Waals surface area contributed by atoms with Gasteiger partial charge >= 0.3 is 5.97 Å². The van der Waals surface area contributed by atoms with Crippen molar-refractivity contribution >= 4 is 5.97 Å². The molecule has 0 fully saturated rings. The van der Waals surface area contributed by atoms with Crippen molar-refractivity contribution in [2.45, 2.75) is 44.8 Å². The number of esters is 1. The van der Waals surface area contributed by atoms with E-state index in [2.05, 4.69) is 15.2 Å². The highest BCUT2D eigenvalue weighted by Gasteiger charge is 2.51. The van der Waals surface area contributed by atoms with Gasteiger partial charge in [-0.25, -0.2) is 0 Å². The van der Waals surface area contributed by atoms with E-state index in [0.717, 1.165) is 0 Å². The Hall–Kier alpha value is -2.41. The molecule has 0 unspecified atom stereocenters. The van der Waals surface area contributed by atoms with Crippen LogP contribution in [0, 0.1) is 5.92 Å². The lowest BCUT2D eigenvalue weighted by Gasteiger charge is -2.40. The Morgan fingerprint density at radius 3 is 2.83 bits per heavy atom. The minimum Gasteiger partial charge on any atom is -0.463 e. The molecule has 24 heavy (non-hydrogen) atoms. The minimum absolute atomic E-state index is 0.162. The highest BCUT2D eigenvalue weighted by molar-refractivity contribution is 5.77. The summed E-state index contributed by atoms with van der Waals surface area (Å²) in [6.07, 6.45) is 3.08. The molecule has 0 aromatic carbocycles. The lowest BCUT2D eigenvalue weighted by Crippen LogP contribution is -2.50. The third-order valence-corrected chi connectivity index (χ3v) is 4.39. The number of aromatic nitrogens is 3. The number of carbonyl (C=O) groups excluding carboxylic acids is 1. The van der Waals surface area contributed by atoms with Crippen LogP contribution in [0.3, 0.4) is 0 Å². The fraction of sp³-hybridized carbons (Fsp3) is 0.471. The number of ether oxygens (including phenoxy) is 1. The van der Waals surface area contributed by atoms with Crippen LogP contribution in [0.2, 0.25) is 0 Å². The molecule has 7 nitrogen and oxygen atoms in total. The molecule has 0 bridgehead atoms. The van der Waals surface area contributed by atoms with E-state index < -0.39 is 23.4 Å². The van der Waals surface area contributed by atoms with Crippen LogP contribution in [-0.2, 0) is 16.0 Å². The van der Waals surface area contributed by atoms with Gasteiger partial charge in [-0.1, -0.05) is 6.07 Å². The summed E-state index contributed by atoms with van der Waals surface area (Å²) >= 11 is 0. The van der Waals surface area contributed by atoms with Gasteiger partial charge in [0, 0.05) is 36.0 Å². The Morgan fingerprint density at radius 1 is 1.46 bits per heavy atom. The molecular formula is C17H21N3O4. The monoisotopic (exact) mass is 331 g/mol. The second-order valence-electron chi connectivity index (χ2n) is 6.73. The molecule has 1 aliphatic carbocycles. The van der Waals surface area contributed by atoms with Crippen molar-refractivity contribution in [1.29, 1.82) is 0 Å². The Bertz CT molecular complexity index is 792. The SMILES string of the molecule is CC(C)OC(=O)[C@@H]1[C@@H](c2cccnc2)c2c([nH][nH]c2=O)C[C@@]1(C)O. The number of hydrogen-bond donors (Lipinski definition) is 3. The number of carbonyl (C=O) groups is 1. The van der Waals surface area contributed by atoms with Crippen LogP contribution in [0.4, 0.5) is 0 Å². The van der Waals surface area contributed by atoms with E-state index in [1.54, 1.807) is 45.3 Å². The van der Waals surface area contributed by atoms with E-state index >= 15 is 0 Å². The highest BCUT2D eigenvalue weighted by Crippen LogP contribution is 2.44. The molecule has 2 aromatic rings. The Balaban J connectivity index is 2.18. The molecule has 0 aliphatic heterocycles. The van der Waals surface area contributed by atoms with Crippen LogP contribution in [0.15, 0.2) is 29.3 Å². The first-order chi connectivity index (χ1) is 11.3. The standard InChI is InChI=1S/C17H21N3O4/c1-9(2)24-16(22)14-12(10-5-4-6-18-8-10)13-11(7-17(14,3)23)19-20-15(13)21/h4-6,8-9,12,14,23H,7H2,1-3H3,(H2,19,20,21)/t12-,14-,17+/m0/s1. The van der Waals surface area contributed by atoms with E-state index in [1.807, 2.05) is 0 Å². The van der Waals surface area contributed by atoms with Crippen LogP contribution < -0.4 is 5.56 Å². The van der Waals surface area contributed by atoms with E-state index in [0.29, 0.717) is 16.8 Å². The summed E-state index contributed by atoms with van der Waals surface area (Å²) in [5, 5.41) is 16.3. The van der Waals surface area contributed by atoms with Gasteiger partial charge in [0.1, 0.15) is 0 Å². The van der Waals surface area contributed by atoms with E-state index in [1.165, 1.54) is 0 Å². The third kappa shape index (κ3) is 2.75. The second-order valence-corrected chi connectivity index (χ2v) is 6.73. The molecule has 0 radical (unpaired) electrons. The number of fused-ring (bicyclic) bond motifs is 1. The van der Waals surface area contributed by atoms with Gasteiger partial charge < -0.3 is 14.9 Å². The fourth-order valence-corrected chi connectivity index (χ4v) is 3.48. The normalized spacial score (nSPS) is 26.2. The van der Waals surface area contributed by atoms with Crippen molar-refractivity contribution in [3.63, 3.8) is 0 Å². The van der Waals surface area contributed by atoms with Gasteiger partial charge in [0.2, 0.25) is 0 Å². The second kappa shape index (κ2) is 5.90. The summed E-state index contributed by atoms with van der Waals surface area (Å²) in [7, 11) is 0. The number of aliphatic hydroxyl groups is 1. The molecule has 3 rings (SSSR count). The van der Waals surface area contributed by atoms with Gasteiger partial charge in [0.25, 0.3) is 5.56 Å². The van der Waals surface area contributed by atoms with Crippen LogP contribution in [0.5, 0.6) is 0 Å². The topological polar surface area (TPSA) is 108 Å². The summed E-state index contributed by atoms with van der Waals surface area (Å²) in [4.78, 5) is 29.1. The maximum absolute atomic E-state index is 12.7. The molecular weight excluding hydrogens is 310 g/mol. The van der Waals surface area contributed by atoms with Crippen molar-refractivity contribution in [1.82, 2.24) is 15.2 Å². The maximum Gasteiger partial charge on any atom is 0.313 e. The fourth-order valence-electron chi connectivity index (χ4n) is 3.48. The highest BCUT2D eigenvalue weighted by atomic mass is 16.5. The summed E-state index contributed by atoms with van der Waals surface area (Å²) in [6.45, 7) is 5.10. The number of pyridine rings is 1. The summed E-state index contributed by atoms with van der Waals surface area (Å²) in [5.74, 6) is -2.04. The van der Waals surface area contributed by atoms with Crippen molar-refractivity contribution in [3.05, 3.63) is 51.7 Å². The lowest BCUT2D eigenvalue weighted by atomic mass is 9.66. The molecule has 0 saturated heterocycles. The smallest absolute Gasteiger partial charge is 0.313 e. The van der Waals surface area contributed by atoms with Gasteiger partial charge in [-0.2, -0.15) is 0 Å². The molecule has 7 heteroatoms. The van der Waals surface area contributed by atoms with Gasteiger partial charge in [0.05, 0.1) is 17.6 Å². The zero-order chi connectivity index (χ0) is 17.5. The number of nitrogens with one attached hydrogen (secondary N) is 2. The van der Waals surface area contributed by atoms with Crippen LogP contribution >= 0.6 is 0 Å². The largest absolute Gasteiger partial charge is 0.463 e. The van der Waals surface area contributed by atoms with Gasteiger partial charge in [-0.05, 0) is 32.4 Å². The quantitative estimate of drug-likeness (QED) is 0.730. The summed E-state index contributed by atoms with van der Waals surface area (Å²) in [6, 6.07) is 3.54. The van der Waals surface area contributed by atoms with Gasteiger partial charge in [-0.3, -0.25) is 19.7 Å². The molecule has 0 spiro atoms. The molecule has 0 saturated carbocycles. The van der Waals surface area contributed by atoms with E-state index in [-0.39, 0.29) is 18.1 Å². The minimum atomic E-state index is -1.36. The van der Waals surface area contributed by atoms with Crippen molar-refractivity contribution < 1.29 is 14.6 Å². The molecule has 128 valence electrons. The predicted octanol–water partition coefficient (Wildman–Crippen LogP) is 1.10. The summed E-state index contributed by atoms with van der Waals surface area (Å²) < 4.78 is 5.37. The maximum atomic E-state index is 12.7. The number of aromatic amines is 2. The molecule has 3 N–H and O–H groups in total. The van der Waals surface area contributed by atoms with E-state index in [4.69, 9.17) is 4.74 Å². The zero-order valence-electron chi connectivity index (χ0n) is 13.9. The summed E-state index contributed by atoms with van der Waals surface area (Å²) in [5.41, 5.74) is 0.101.